The van der Waals surface area contributed by atoms with Crippen LogP contribution in [0.1, 0.15) is 12.3 Å². The largest absolute Gasteiger partial charge is 0.441 e. The van der Waals surface area contributed by atoms with Crippen molar-refractivity contribution in [2.75, 3.05) is 19.5 Å². The lowest BCUT2D eigenvalue weighted by Gasteiger charge is -1.93. The van der Waals surface area contributed by atoms with Gasteiger partial charge in [-0.25, -0.2) is 4.98 Å². The predicted octanol–water partition coefficient (Wildman–Crippen LogP) is 1.99. The van der Waals surface area contributed by atoms with Crippen molar-refractivity contribution >= 4 is 16.8 Å². The first-order valence-corrected chi connectivity index (χ1v) is 4.93. The van der Waals surface area contributed by atoms with Crippen molar-refractivity contribution in [2.45, 2.75) is 12.8 Å². The first kappa shape index (κ1) is 9.98. The molecule has 80 valence electrons. The van der Waals surface area contributed by atoms with Crippen LogP contribution in [0.15, 0.2) is 22.6 Å². The molecular formula is C11H14N2O2. The molecule has 0 aliphatic rings. The van der Waals surface area contributed by atoms with Crippen LogP contribution in [0.5, 0.6) is 0 Å². The number of hydrogen-bond donors (Lipinski definition) is 1. The van der Waals surface area contributed by atoms with Crippen LogP contribution in [0, 0.1) is 0 Å². The van der Waals surface area contributed by atoms with E-state index in [1.165, 1.54) is 0 Å². The molecule has 4 heteroatoms. The number of fused-ring (bicyclic) bond motifs is 1. The Balaban J connectivity index is 2.16. The van der Waals surface area contributed by atoms with Crippen molar-refractivity contribution in [1.29, 1.82) is 0 Å². The van der Waals surface area contributed by atoms with Gasteiger partial charge in [0.05, 0.1) is 0 Å². The van der Waals surface area contributed by atoms with E-state index in [1.807, 2.05) is 18.2 Å². The molecule has 2 aromatic rings. The molecule has 1 aromatic heterocycles. The summed E-state index contributed by atoms with van der Waals surface area (Å²) in [7, 11) is 1.69. The second kappa shape index (κ2) is 4.31. The number of oxazole rings is 1. The fourth-order valence-corrected chi connectivity index (χ4v) is 1.47. The minimum atomic E-state index is 0.708. The molecule has 0 atom stereocenters. The van der Waals surface area contributed by atoms with Crippen molar-refractivity contribution in [3.05, 3.63) is 24.1 Å². The van der Waals surface area contributed by atoms with Gasteiger partial charge in [0.1, 0.15) is 5.52 Å². The monoisotopic (exact) mass is 206 g/mol. The number of rotatable bonds is 4. The molecule has 0 spiro atoms. The van der Waals surface area contributed by atoms with Gasteiger partial charge in [0.25, 0.3) is 0 Å². The summed E-state index contributed by atoms with van der Waals surface area (Å²) < 4.78 is 10.5. The smallest absolute Gasteiger partial charge is 0.195 e. The summed E-state index contributed by atoms with van der Waals surface area (Å²) in [6.45, 7) is 0.723. The molecule has 4 nitrogen and oxygen atoms in total. The number of hydrogen-bond acceptors (Lipinski definition) is 4. The molecule has 0 saturated carbocycles. The molecule has 0 aliphatic heterocycles. The maximum Gasteiger partial charge on any atom is 0.195 e. The Labute approximate surface area is 88.0 Å². The summed E-state index contributed by atoms with van der Waals surface area (Å²) in [6.07, 6.45) is 1.71. The third-order valence-corrected chi connectivity index (χ3v) is 2.20. The average Bonchev–Trinajstić information content (AvgIpc) is 2.60. The van der Waals surface area contributed by atoms with Crippen molar-refractivity contribution in [1.82, 2.24) is 4.98 Å². The molecule has 1 heterocycles. The molecule has 0 bridgehead atoms. The van der Waals surface area contributed by atoms with E-state index < -0.39 is 0 Å². The highest BCUT2D eigenvalue weighted by atomic mass is 16.5. The van der Waals surface area contributed by atoms with E-state index >= 15 is 0 Å². The van der Waals surface area contributed by atoms with Gasteiger partial charge in [-0.15, -0.1) is 0 Å². The predicted molar refractivity (Wildman–Crippen MR) is 58.6 cm³/mol. The van der Waals surface area contributed by atoms with Gasteiger partial charge in [-0.05, 0) is 24.6 Å². The van der Waals surface area contributed by atoms with Crippen LogP contribution < -0.4 is 5.73 Å². The summed E-state index contributed by atoms with van der Waals surface area (Å²) in [5, 5.41) is 0. The number of nitrogens with two attached hydrogens (primary N) is 1. The molecule has 0 fully saturated rings. The van der Waals surface area contributed by atoms with Gasteiger partial charge >= 0.3 is 0 Å². The maximum absolute atomic E-state index is 5.65. The highest BCUT2D eigenvalue weighted by Gasteiger charge is 2.05. The van der Waals surface area contributed by atoms with Crippen LogP contribution >= 0.6 is 0 Å². The lowest BCUT2D eigenvalue weighted by Crippen LogP contribution is -1.92. The first-order chi connectivity index (χ1) is 7.29. The third-order valence-electron chi connectivity index (χ3n) is 2.20. The van der Waals surface area contributed by atoms with E-state index in [2.05, 4.69) is 4.98 Å². The quantitative estimate of drug-likeness (QED) is 0.613. The number of anilines is 1. The van der Waals surface area contributed by atoms with E-state index in [1.54, 1.807) is 7.11 Å². The highest BCUT2D eigenvalue weighted by Crippen LogP contribution is 2.18. The number of methoxy groups -OCH3 is 1. The molecule has 0 aliphatic carbocycles. The SMILES string of the molecule is COCCCc1nc2cc(N)ccc2o1. The normalized spacial score (nSPS) is 11.0. The van der Waals surface area contributed by atoms with Gasteiger partial charge in [0.15, 0.2) is 11.5 Å². The van der Waals surface area contributed by atoms with Gasteiger partial charge in [-0.1, -0.05) is 0 Å². The zero-order valence-corrected chi connectivity index (χ0v) is 8.69. The Bertz CT molecular complexity index is 451. The van der Waals surface area contributed by atoms with E-state index in [0.29, 0.717) is 5.69 Å². The van der Waals surface area contributed by atoms with Crippen LogP contribution in [0.3, 0.4) is 0 Å². The standard InChI is InChI=1S/C11H14N2O2/c1-14-6-2-3-11-13-9-7-8(12)4-5-10(9)15-11/h4-5,7H,2-3,6,12H2,1H3. The summed E-state index contributed by atoms with van der Waals surface area (Å²) >= 11 is 0. The second-order valence-electron chi connectivity index (χ2n) is 3.43. The van der Waals surface area contributed by atoms with Gasteiger partial charge in [-0.2, -0.15) is 0 Å². The van der Waals surface area contributed by atoms with Crippen molar-refractivity contribution in [2.24, 2.45) is 0 Å². The number of benzene rings is 1. The van der Waals surface area contributed by atoms with Crippen molar-refractivity contribution < 1.29 is 9.15 Å². The number of ether oxygens (including phenoxy) is 1. The van der Waals surface area contributed by atoms with Gasteiger partial charge in [-0.3, -0.25) is 0 Å². The molecular weight excluding hydrogens is 192 g/mol. The van der Waals surface area contributed by atoms with Crippen LogP contribution in [-0.2, 0) is 11.2 Å². The maximum atomic E-state index is 5.65. The topological polar surface area (TPSA) is 61.3 Å². The Morgan fingerprint density at radius 1 is 1.47 bits per heavy atom. The number of aryl methyl sites for hydroxylation is 1. The summed E-state index contributed by atoms with van der Waals surface area (Å²) in [5.74, 6) is 0.743. The molecule has 15 heavy (non-hydrogen) atoms. The van der Waals surface area contributed by atoms with Gasteiger partial charge < -0.3 is 14.9 Å². The minimum absolute atomic E-state index is 0.708. The van der Waals surface area contributed by atoms with Crippen LogP contribution in [0.2, 0.25) is 0 Å². The van der Waals surface area contributed by atoms with Crippen LogP contribution in [0.4, 0.5) is 5.69 Å². The van der Waals surface area contributed by atoms with Crippen LogP contribution in [0.25, 0.3) is 11.1 Å². The Morgan fingerprint density at radius 2 is 2.33 bits per heavy atom. The fourth-order valence-electron chi connectivity index (χ4n) is 1.47. The minimum Gasteiger partial charge on any atom is -0.441 e. The van der Waals surface area contributed by atoms with Gasteiger partial charge in [0, 0.05) is 25.8 Å². The molecule has 1 aromatic carbocycles. The second-order valence-corrected chi connectivity index (χ2v) is 3.43. The Morgan fingerprint density at radius 3 is 3.13 bits per heavy atom. The molecule has 2 rings (SSSR count). The average molecular weight is 206 g/mol. The van der Waals surface area contributed by atoms with E-state index in [9.17, 15) is 0 Å². The Hall–Kier alpha value is -1.55. The molecule has 0 amide bonds. The van der Waals surface area contributed by atoms with E-state index in [-0.39, 0.29) is 0 Å². The summed E-state index contributed by atoms with van der Waals surface area (Å²) in [5.41, 5.74) is 7.97. The van der Waals surface area contributed by atoms with Gasteiger partial charge in [0.2, 0.25) is 0 Å². The number of nitrogen functional groups attached to an aromatic ring is 1. The number of aromatic nitrogens is 1. The molecule has 0 radical (unpaired) electrons. The zero-order chi connectivity index (χ0) is 10.7. The summed E-state index contributed by atoms with van der Waals surface area (Å²) in [6, 6.07) is 5.47. The van der Waals surface area contributed by atoms with Crippen molar-refractivity contribution in [3.8, 4) is 0 Å². The molecule has 2 N–H and O–H groups in total. The molecule has 0 unspecified atom stereocenters. The highest BCUT2D eigenvalue weighted by molar-refractivity contribution is 5.76. The first-order valence-electron chi connectivity index (χ1n) is 4.93. The third kappa shape index (κ3) is 2.27. The fraction of sp³-hybridized carbons (Fsp3) is 0.364. The Kier molecular flexibility index (Phi) is 2.87. The van der Waals surface area contributed by atoms with E-state index in [0.717, 1.165) is 36.4 Å². The van der Waals surface area contributed by atoms with Crippen LogP contribution in [-0.4, -0.2) is 18.7 Å². The van der Waals surface area contributed by atoms with E-state index in [4.69, 9.17) is 14.9 Å². The summed E-state index contributed by atoms with van der Waals surface area (Å²) in [4.78, 5) is 4.34. The lowest BCUT2D eigenvalue weighted by molar-refractivity contribution is 0.193. The zero-order valence-electron chi connectivity index (χ0n) is 8.69. The lowest BCUT2D eigenvalue weighted by atomic mass is 10.3. The van der Waals surface area contributed by atoms with Crippen molar-refractivity contribution in [3.63, 3.8) is 0 Å². The molecule has 0 saturated heterocycles. The number of nitrogens with zero attached hydrogens (tertiary/aromatic N) is 1.